The highest BCUT2D eigenvalue weighted by Crippen LogP contribution is 2.32. The van der Waals surface area contributed by atoms with Gasteiger partial charge < -0.3 is 15.6 Å². The Hall–Kier alpha value is -2.09. The van der Waals surface area contributed by atoms with Crippen molar-refractivity contribution >= 4 is 5.82 Å². The fourth-order valence-corrected chi connectivity index (χ4v) is 2.13. The fraction of sp³-hybridized carbons (Fsp3) is 0.600. The monoisotopic (exact) mass is 266 g/mol. The predicted octanol–water partition coefficient (Wildman–Crippen LogP) is 0.0318. The number of anilines is 1. The number of azide groups is 1. The van der Waals surface area contributed by atoms with E-state index in [0.717, 1.165) is 0 Å². The van der Waals surface area contributed by atoms with Gasteiger partial charge in [0.05, 0.1) is 12.7 Å². The molecule has 0 aliphatic carbocycles. The smallest absolute Gasteiger partial charge is 0.351 e. The standard InChI is InChI=1S/C10H14N6O3/c11-8-1-2-16(10(18)14-8)9-3-6(4-13-15-12)7(5-17)19-9/h1-2,6-7,9,17H,3-5H2,(H2,11,14,18)/t6-,7-,9+/m1/s1. The van der Waals surface area contributed by atoms with E-state index in [1.54, 1.807) is 0 Å². The van der Waals surface area contributed by atoms with Crippen molar-refractivity contribution in [3.63, 3.8) is 0 Å². The quantitative estimate of drug-likeness (QED) is 0.449. The molecule has 1 fully saturated rings. The van der Waals surface area contributed by atoms with Crippen molar-refractivity contribution in [2.75, 3.05) is 18.9 Å². The maximum absolute atomic E-state index is 11.7. The number of hydrogen-bond donors (Lipinski definition) is 2. The molecule has 102 valence electrons. The normalized spacial score (nSPS) is 26.1. The van der Waals surface area contributed by atoms with Crippen LogP contribution in [0.2, 0.25) is 0 Å². The van der Waals surface area contributed by atoms with Crippen molar-refractivity contribution in [2.45, 2.75) is 18.8 Å². The number of nitrogens with two attached hydrogens (primary N) is 1. The van der Waals surface area contributed by atoms with Gasteiger partial charge in [0, 0.05) is 17.7 Å². The van der Waals surface area contributed by atoms with E-state index in [0.29, 0.717) is 6.42 Å². The van der Waals surface area contributed by atoms with Crippen LogP contribution in [-0.4, -0.2) is 33.9 Å². The molecule has 0 spiro atoms. The number of aliphatic hydroxyl groups excluding tert-OH is 1. The van der Waals surface area contributed by atoms with Gasteiger partial charge in [-0.15, -0.1) is 0 Å². The van der Waals surface area contributed by atoms with E-state index in [-0.39, 0.29) is 24.9 Å². The van der Waals surface area contributed by atoms with E-state index >= 15 is 0 Å². The van der Waals surface area contributed by atoms with Crippen LogP contribution in [-0.2, 0) is 4.74 Å². The SMILES string of the molecule is [N-]=[N+]=NC[C@H]1C[C@@H](n2ccc(N)nc2=O)O[C@@H]1CO. The van der Waals surface area contributed by atoms with Crippen molar-refractivity contribution < 1.29 is 9.84 Å². The predicted molar refractivity (Wildman–Crippen MR) is 66.0 cm³/mol. The first-order valence-electron chi connectivity index (χ1n) is 5.77. The van der Waals surface area contributed by atoms with Gasteiger partial charge in [-0.2, -0.15) is 4.98 Å². The molecular weight excluding hydrogens is 252 g/mol. The Morgan fingerprint density at radius 3 is 3.16 bits per heavy atom. The molecular formula is C10H14N6O3. The summed E-state index contributed by atoms with van der Waals surface area (Å²) in [6.07, 6.45) is 0.978. The zero-order chi connectivity index (χ0) is 13.8. The molecule has 0 saturated carbocycles. The van der Waals surface area contributed by atoms with Gasteiger partial charge in [-0.1, -0.05) is 5.11 Å². The highest BCUT2D eigenvalue weighted by atomic mass is 16.5. The Bertz CT molecular complexity index is 552. The number of nitrogens with zero attached hydrogens (tertiary/aromatic N) is 5. The van der Waals surface area contributed by atoms with Crippen molar-refractivity contribution in [2.24, 2.45) is 11.0 Å². The molecule has 0 aromatic carbocycles. The average Bonchev–Trinajstić information content (AvgIpc) is 2.79. The second-order valence-corrected chi connectivity index (χ2v) is 4.26. The molecule has 2 heterocycles. The lowest BCUT2D eigenvalue weighted by Gasteiger charge is -2.14. The molecule has 9 nitrogen and oxygen atoms in total. The highest BCUT2D eigenvalue weighted by molar-refractivity contribution is 5.23. The minimum atomic E-state index is -0.531. The number of aromatic nitrogens is 2. The molecule has 1 aromatic heterocycles. The number of nitrogen functional groups attached to an aromatic ring is 1. The van der Waals surface area contributed by atoms with Crippen LogP contribution in [0, 0.1) is 5.92 Å². The molecule has 2 rings (SSSR count). The van der Waals surface area contributed by atoms with Gasteiger partial charge in [0.2, 0.25) is 0 Å². The number of rotatable bonds is 4. The topological polar surface area (TPSA) is 139 Å². The number of ether oxygens (including phenoxy) is 1. The summed E-state index contributed by atoms with van der Waals surface area (Å²) in [5, 5.41) is 12.7. The summed E-state index contributed by atoms with van der Waals surface area (Å²) in [4.78, 5) is 18.0. The van der Waals surface area contributed by atoms with Crippen LogP contribution in [0.1, 0.15) is 12.6 Å². The van der Waals surface area contributed by atoms with Gasteiger partial charge in [-0.05, 0) is 23.9 Å². The van der Waals surface area contributed by atoms with Gasteiger partial charge in [-0.25, -0.2) is 4.79 Å². The zero-order valence-electron chi connectivity index (χ0n) is 10.1. The van der Waals surface area contributed by atoms with Crippen molar-refractivity contribution in [1.29, 1.82) is 0 Å². The van der Waals surface area contributed by atoms with Crippen LogP contribution in [0.4, 0.5) is 5.82 Å². The molecule has 9 heteroatoms. The molecule has 0 unspecified atom stereocenters. The minimum Gasteiger partial charge on any atom is -0.394 e. The van der Waals surface area contributed by atoms with Crippen LogP contribution in [0.25, 0.3) is 10.4 Å². The van der Waals surface area contributed by atoms with Crippen molar-refractivity contribution in [1.82, 2.24) is 9.55 Å². The molecule has 0 radical (unpaired) electrons. The highest BCUT2D eigenvalue weighted by Gasteiger charge is 2.35. The van der Waals surface area contributed by atoms with Gasteiger partial charge in [0.1, 0.15) is 12.0 Å². The Balaban J connectivity index is 2.18. The summed E-state index contributed by atoms with van der Waals surface area (Å²) < 4.78 is 6.89. The summed E-state index contributed by atoms with van der Waals surface area (Å²) in [7, 11) is 0. The van der Waals surface area contributed by atoms with Crippen LogP contribution in [0.3, 0.4) is 0 Å². The first-order valence-corrected chi connectivity index (χ1v) is 5.77. The number of hydrogen-bond acceptors (Lipinski definition) is 6. The maximum atomic E-state index is 11.7. The van der Waals surface area contributed by atoms with E-state index in [9.17, 15) is 9.90 Å². The summed E-state index contributed by atoms with van der Waals surface area (Å²) >= 11 is 0. The number of aliphatic hydroxyl groups is 1. The molecule has 1 aliphatic heterocycles. The lowest BCUT2D eigenvalue weighted by Crippen LogP contribution is -2.27. The molecule has 0 amide bonds. The molecule has 0 bridgehead atoms. The molecule has 1 aromatic rings. The summed E-state index contributed by atoms with van der Waals surface area (Å²) in [6.45, 7) is 0.0225. The molecule has 1 saturated heterocycles. The first kappa shape index (κ1) is 13.3. The Kier molecular flexibility index (Phi) is 4.00. The van der Waals surface area contributed by atoms with Gasteiger partial charge in [0.15, 0.2) is 0 Å². The van der Waals surface area contributed by atoms with Crippen LogP contribution in [0.15, 0.2) is 22.2 Å². The molecule has 1 aliphatic rings. The summed E-state index contributed by atoms with van der Waals surface area (Å²) in [5.41, 5.74) is 13.2. The van der Waals surface area contributed by atoms with Crippen molar-refractivity contribution in [3.8, 4) is 0 Å². The molecule has 19 heavy (non-hydrogen) atoms. The van der Waals surface area contributed by atoms with Gasteiger partial charge >= 0.3 is 5.69 Å². The lowest BCUT2D eigenvalue weighted by atomic mass is 10.0. The van der Waals surface area contributed by atoms with Crippen LogP contribution < -0.4 is 11.4 Å². The third-order valence-electron chi connectivity index (χ3n) is 3.08. The van der Waals surface area contributed by atoms with Crippen LogP contribution >= 0.6 is 0 Å². The van der Waals surface area contributed by atoms with E-state index in [1.165, 1.54) is 16.8 Å². The van der Waals surface area contributed by atoms with E-state index in [4.69, 9.17) is 16.0 Å². The van der Waals surface area contributed by atoms with Crippen LogP contribution in [0.5, 0.6) is 0 Å². The Morgan fingerprint density at radius 2 is 2.53 bits per heavy atom. The second-order valence-electron chi connectivity index (χ2n) is 4.26. The third-order valence-corrected chi connectivity index (χ3v) is 3.08. The Labute approximate surface area is 108 Å². The second kappa shape index (κ2) is 5.70. The van der Waals surface area contributed by atoms with Gasteiger partial charge in [-0.3, -0.25) is 4.57 Å². The summed E-state index contributed by atoms with van der Waals surface area (Å²) in [6, 6.07) is 1.50. The average molecular weight is 266 g/mol. The largest absolute Gasteiger partial charge is 0.394 e. The van der Waals surface area contributed by atoms with Gasteiger partial charge in [0.25, 0.3) is 0 Å². The van der Waals surface area contributed by atoms with Crippen molar-refractivity contribution in [3.05, 3.63) is 33.2 Å². The molecule has 3 N–H and O–H groups in total. The minimum absolute atomic E-state index is 0.129. The molecule has 3 atom stereocenters. The Morgan fingerprint density at radius 1 is 1.74 bits per heavy atom. The maximum Gasteiger partial charge on any atom is 0.351 e. The third kappa shape index (κ3) is 2.84. The fourth-order valence-electron chi connectivity index (χ4n) is 2.13. The first-order chi connectivity index (χ1) is 9.15. The van der Waals surface area contributed by atoms with E-state index < -0.39 is 18.0 Å². The lowest BCUT2D eigenvalue weighted by molar-refractivity contribution is -0.0318. The zero-order valence-corrected chi connectivity index (χ0v) is 10.1. The van der Waals surface area contributed by atoms with E-state index in [2.05, 4.69) is 15.0 Å². The summed E-state index contributed by atoms with van der Waals surface area (Å²) in [5.74, 6) is 0.0129. The van der Waals surface area contributed by atoms with E-state index in [1.807, 2.05) is 0 Å².